The Bertz CT molecular complexity index is 778. The molecule has 1 unspecified atom stereocenters. The fourth-order valence-corrected chi connectivity index (χ4v) is 2.72. The van der Waals surface area contributed by atoms with Gasteiger partial charge in [-0.1, -0.05) is 19.6 Å². The van der Waals surface area contributed by atoms with E-state index in [0.717, 1.165) is 27.8 Å². The van der Waals surface area contributed by atoms with Crippen LogP contribution in [-0.4, -0.2) is 24.4 Å². The molecule has 2 aromatic carbocycles. The number of phenolic OH excluding ortho intramolecular Hbond substituents is 2. The largest absolute Gasteiger partial charge is 0.504 e. The lowest BCUT2D eigenvalue weighted by atomic mass is 9.87. The lowest BCUT2D eigenvalue weighted by Crippen LogP contribution is -2.00. The van der Waals surface area contributed by atoms with Crippen molar-refractivity contribution in [2.24, 2.45) is 0 Å². The predicted molar refractivity (Wildman–Crippen MR) is 96.2 cm³/mol. The van der Waals surface area contributed by atoms with Crippen LogP contribution in [0.25, 0.3) is 5.57 Å². The average molecular weight is 328 g/mol. The zero-order valence-corrected chi connectivity index (χ0v) is 14.8. The Morgan fingerprint density at radius 2 is 1.42 bits per heavy atom. The van der Waals surface area contributed by atoms with Gasteiger partial charge in [-0.15, -0.1) is 0 Å². The molecule has 0 fully saturated rings. The van der Waals surface area contributed by atoms with Crippen LogP contribution in [-0.2, 0) is 0 Å². The summed E-state index contributed by atoms with van der Waals surface area (Å²) in [6.45, 7) is 9.92. The minimum Gasteiger partial charge on any atom is -0.504 e. The molecule has 0 aromatic heterocycles. The van der Waals surface area contributed by atoms with Crippen molar-refractivity contribution < 1.29 is 19.7 Å². The quantitative estimate of drug-likeness (QED) is 0.845. The van der Waals surface area contributed by atoms with E-state index in [1.807, 2.05) is 39.0 Å². The van der Waals surface area contributed by atoms with Crippen molar-refractivity contribution in [2.45, 2.75) is 26.7 Å². The lowest BCUT2D eigenvalue weighted by Gasteiger charge is -2.19. The van der Waals surface area contributed by atoms with Gasteiger partial charge in [0.15, 0.2) is 23.0 Å². The molecule has 1 atom stereocenters. The maximum absolute atomic E-state index is 10.0. The van der Waals surface area contributed by atoms with Crippen molar-refractivity contribution in [3.8, 4) is 23.0 Å². The van der Waals surface area contributed by atoms with Gasteiger partial charge >= 0.3 is 0 Å². The summed E-state index contributed by atoms with van der Waals surface area (Å²) in [5.41, 5.74) is 4.28. The molecule has 0 heterocycles. The van der Waals surface area contributed by atoms with Gasteiger partial charge in [-0.25, -0.2) is 0 Å². The van der Waals surface area contributed by atoms with Crippen molar-refractivity contribution in [3.05, 3.63) is 53.1 Å². The van der Waals surface area contributed by atoms with Crippen molar-refractivity contribution in [2.75, 3.05) is 14.2 Å². The zero-order valence-electron chi connectivity index (χ0n) is 14.8. The SMILES string of the molecule is C=C(c1cc(C)c(O)c(OC)c1)C(C)c1cc(C)c(O)c(OC)c1. The molecular formula is C20H24O4. The Morgan fingerprint density at radius 1 is 0.917 bits per heavy atom. The van der Waals surface area contributed by atoms with E-state index in [2.05, 4.69) is 6.58 Å². The van der Waals surface area contributed by atoms with E-state index in [9.17, 15) is 10.2 Å². The van der Waals surface area contributed by atoms with Gasteiger partial charge in [0, 0.05) is 5.92 Å². The fourth-order valence-electron chi connectivity index (χ4n) is 2.72. The molecule has 0 spiro atoms. The van der Waals surface area contributed by atoms with E-state index in [1.165, 1.54) is 14.2 Å². The zero-order chi connectivity index (χ0) is 18.0. The minimum absolute atomic E-state index is 0.00634. The normalized spacial score (nSPS) is 11.9. The second kappa shape index (κ2) is 6.87. The summed E-state index contributed by atoms with van der Waals surface area (Å²) in [6, 6.07) is 7.42. The molecule has 0 radical (unpaired) electrons. The molecule has 24 heavy (non-hydrogen) atoms. The molecule has 4 nitrogen and oxygen atoms in total. The Morgan fingerprint density at radius 3 is 1.96 bits per heavy atom. The Kier molecular flexibility index (Phi) is 5.07. The first-order valence-electron chi connectivity index (χ1n) is 7.74. The van der Waals surface area contributed by atoms with Crippen molar-refractivity contribution in [1.29, 1.82) is 0 Å². The van der Waals surface area contributed by atoms with Crippen LogP contribution in [0, 0.1) is 13.8 Å². The first-order valence-corrected chi connectivity index (χ1v) is 7.74. The van der Waals surface area contributed by atoms with Crippen LogP contribution in [0.4, 0.5) is 0 Å². The number of phenols is 2. The topological polar surface area (TPSA) is 58.9 Å². The lowest BCUT2D eigenvalue weighted by molar-refractivity contribution is 0.371. The van der Waals surface area contributed by atoms with Crippen LogP contribution >= 0.6 is 0 Å². The van der Waals surface area contributed by atoms with Gasteiger partial charge in [0.1, 0.15) is 0 Å². The van der Waals surface area contributed by atoms with E-state index in [4.69, 9.17) is 9.47 Å². The van der Waals surface area contributed by atoms with Crippen LogP contribution < -0.4 is 9.47 Å². The van der Waals surface area contributed by atoms with Gasteiger partial charge in [0.2, 0.25) is 0 Å². The maximum Gasteiger partial charge on any atom is 0.161 e. The highest BCUT2D eigenvalue weighted by Crippen LogP contribution is 2.40. The molecule has 2 rings (SSSR count). The highest BCUT2D eigenvalue weighted by molar-refractivity contribution is 5.73. The number of rotatable bonds is 5. The highest BCUT2D eigenvalue weighted by Gasteiger charge is 2.18. The number of allylic oxidation sites excluding steroid dienone is 1. The van der Waals surface area contributed by atoms with Crippen molar-refractivity contribution in [3.63, 3.8) is 0 Å². The first kappa shape index (κ1) is 17.7. The van der Waals surface area contributed by atoms with E-state index in [-0.39, 0.29) is 17.4 Å². The maximum atomic E-state index is 10.0. The molecule has 4 heteroatoms. The van der Waals surface area contributed by atoms with Gasteiger partial charge in [-0.2, -0.15) is 0 Å². The summed E-state index contributed by atoms with van der Waals surface area (Å²) in [5, 5.41) is 20.0. The standard InChI is InChI=1S/C20H24O4/c1-11-7-15(9-17(23-5)19(11)21)13(3)14(4)16-8-12(2)20(22)18(10-16)24-6/h7-10,14,21-22H,3H2,1-2,4-6H3. The molecule has 0 aliphatic carbocycles. The smallest absolute Gasteiger partial charge is 0.161 e. The van der Waals surface area contributed by atoms with Gasteiger partial charge < -0.3 is 19.7 Å². The van der Waals surface area contributed by atoms with E-state index >= 15 is 0 Å². The summed E-state index contributed by atoms with van der Waals surface area (Å²) in [7, 11) is 3.06. The number of aromatic hydroxyl groups is 2. The third-order valence-corrected chi connectivity index (χ3v) is 4.39. The third kappa shape index (κ3) is 3.18. The summed E-state index contributed by atoms with van der Waals surface area (Å²) < 4.78 is 10.5. The average Bonchev–Trinajstić information content (AvgIpc) is 2.58. The predicted octanol–water partition coefficient (Wildman–Crippen LogP) is 4.55. The number of methoxy groups -OCH3 is 2. The number of hydrogen-bond acceptors (Lipinski definition) is 4. The van der Waals surface area contributed by atoms with Crippen molar-refractivity contribution in [1.82, 2.24) is 0 Å². The van der Waals surface area contributed by atoms with Crippen LogP contribution in [0.5, 0.6) is 23.0 Å². The molecule has 0 amide bonds. The van der Waals surface area contributed by atoms with Gasteiger partial charge in [-0.05, 0) is 59.9 Å². The molecular weight excluding hydrogens is 304 g/mol. The number of aryl methyl sites for hydroxylation is 2. The summed E-state index contributed by atoms with van der Waals surface area (Å²) in [5.74, 6) is 1.18. The fraction of sp³-hybridized carbons (Fsp3) is 0.300. The number of ether oxygens (including phenoxy) is 2. The van der Waals surface area contributed by atoms with Gasteiger partial charge in [0.25, 0.3) is 0 Å². The van der Waals surface area contributed by atoms with Gasteiger partial charge in [-0.3, -0.25) is 0 Å². The van der Waals surface area contributed by atoms with Crippen LogP contribution in [0.3, 0.4) is 0 Å². The number of hydrogen-bond donors (Lipinski definition) is 2. The number of benzene rings is 2. The molecule has 0 aliphatic heterocycles. The van der Waals surface area contributed by atoms with Gasteiger partial charge in [0.05, 0.1) is 14.2 Å². The van der Waals surface area contributed by atoms with Crippen molar-refractivity contribution >= 4 is 5.57 Å². The summed E-state index contributed by atoms with van der Waals surface area (Å²) in [6.07, 6.45) is 0. The van der Waals surface area contributed by atoms with E-state index in [0.29, 0.717) is 11.5 Å². The Hall–Kier alpha value is -2.62. The highest BCUT2D eigenvalue weighted by atomic mass is 16.5. The van der Waals surface area contributed by atoms with Crippen LogP contribution in [0.2, 0.25) is 0 Å². The van der Waals surface area contributed by atoms with E-state index in [1.54, 1.807) is 6.07 Å². The molecule has 0 aliphatic rings. The summed E-state index contributed by atoms with van der Waals surface area (Å²) >= 11 is 0. The molecule has 2 aromatic rings. The first-order chi connectivity index (χ1) is 11.3. The molecule has 128 valence electrons. The molecule has 2 N–H and O–H groups in total. The molecule has 0 saturated carbocycles. The second-order valence-electron chi connectivity index (χ2n) is 5.98. The third-order valence-electron chi connectivity index (χ3n) is 4.39. The molecule has 0 saturated heterocycles. The molecule has 0 bridgehead atoms. The minimum atomic E-state index is 0.00634. The monoisotopic (exact) mass is 328 g/mol. The summed E-state index contributed by atoms with van der Waals surface area (Å²) in [4.78, 5) is 0. The Labute approximate surface area is 143 Å². The van der Waals surface area contributed by atoms with Crippen LogP contribution in [0.1, 0.15) is 35.1 Å². The van der Waals surface area contributed by atoms with Crippen LogP contribution in [0.15, 0.2) is 30.8 Å². The second-order valence-corrected chi connectivity index (χ2v) is 5.98. The van der Waals surface area contributed by atoms with E-state index < -0.39 is 0 Å². The Balaban J connectivity index is 2.44.